The van der Waals surface area contributed by atoms with Crippen LogP contribution in [0, 0.1) is 6.92 Å². The van der Waals surface area contributed by atoms with Gasteiger partial charge in [-0.25, -0.2) is 4.98 Å². The largest absolute Gasteiger partial charge is 0.491 e. The molecule has 3 aromatic rings. The van der Waals surface area contributed by atoms with Crippen LogP contribution in [0.2, 0.25) is 0 Å². The van der Waals surface area contributed by atoms with Gasteiger partial charge >= 0.3 is 0 Å². The molecule has 6 nitrogen and oxygen atoms in total. The summed E-state index contributed by atoms with van der Waals surface area (Å²) >= 11 is 0. The molecule has 0 spiro atoms. The van der Waals surface area contributed by atoms with Crippen molar-refractivity contribution in [2.75, 3.05) is 13.6 Å². The first kappa shape index (κ1) is 24.0. The molecule has 0 atom stereocenters. The minimum absolute atomic E-state index is 0. The molecule has 0 saturated carbocycles. The molecule has 0 unspecified atom stereocenters. The van der Waals surface area contributed by atoms with Crippen molar-refractivity contribution >= 4 is 41.0 Å². The number of nitrogens with one attached hydrogen (secondary N) is 2. The van der Waals surface area contributed by atoms with Crippen molar-refractivity contribution in [2.45, 2.75) is 46.4 Å². The Morgan fingerprint density at radius 2 is 1.93 bits per heavy atom. The van der Waals surface area contributed by atoms with E-state index in [0.29, 0.717) is 6.54 Å². The van der Waals surface area contributed by atoms with Crippen LogP contribution in [0.15, 0.2) is 53.5 Å². The Hall–Kier alpha value is -2.29. The molecule has 0 fully saturated rings. The zero-order valence-electron chi connectivity index (χ0n) is 18.2. The normalized spacial score (nSPS) is 11.4. The summed E-state index contributed by atoms with van der Waals surface area (Å²) < 4.78 is 8.03. The topological polar surface area (TPSA) is 63.5 Å². The van der Waals surface area contributed by atoms with Crippen LogP contribution in [0.5, 0.6) is 5.75 Å². The van der Waals surface area contributed by atoms with Gasteiger partial charge in [0.25, 0.3) is 0 Å². The number of hydrogen-bond acceptors (Lipinski definition) is 3. The zero-order valence-corrected chi connectivity index (χ0v) is 20.5. The van der Waals surface area contributed by atoms with Gasteiger partial charge in [0.15, 0.2) is 5.96 Å². The molecule has 0 aliphatic carbocycles. The number of halogens is 1. The molecular formula is C23H32IN5O. The number of nitrogens with zero attached hydrogens (tertiary/aromatic N) is 3. The molecule has 0 amide bonds. The van der Waals surface area contributed by atoms with Crippen LogP contribution < -0.4 is 15.4 Å². The van der Waals surface area contributed by atoms with Gasteiger partial charge in [-0.1, -0.05) is 24.3 Å². The Bertz CT molecular complexity index is 967. The Labute approximate surface area is 196 Å². The van der Waals surface area contributed by atoms with E-state index in [1.807, 2.05) is 32.0 Å². The fraction of sp³-hybridized carbons (Fsp3) is 0.391. The second kappa shape index (κ2) is 11.8. The second-order valence-electron chi connectivity index (χ2n) is 7.32. The molecule has 3 rings (SSSR count). The predicted octanol–water partition coefficient (Wildman–Crippen LogP) is 4.51. The number of fused-ring (bicyclic) bond motifs is 1. The minimum Gasteiger partial charge on any atom is -0.491 e. The number of aryl methyl sites for hydroxylation is 2. The van der Waals surface area contributed by atoms with Gasteiger partial charge in [-0.15, -0.1) is 24.0 Å². The van der Waals surface area contributed by atoms with Crippen molar-refractivity contribution in [1.29, 1.82) is 0 Å². The molecule has 0 bridgehead atoms. The molecule has 0 aliphatic rings. The number of aliphatic imine (C=N–C) groups is 1. The van der Waals surface area contributed by atoms with Crippen LogP contribution >= 0.6 is 24.0 Å². The lowest BCUT2D eigenvalue weighted by atomic mass is 10.2. The lowest BCUT2D eigenvalue weighted by molar-refractivity contribution is 0.242. The van der Waals surface area contributed by atoms with E-state index in [2.05, 4.69) is 62.4 Å². The maximum atomic E-state index is 5.76. The van der Waals surface area contributed by atoms with Gasteiger partial charge in [0.05, 0.1) is 17.1 Å². The van der Waals surface area contributed by atoms with Crippen molar-refractivity contribution in [3.63, 3.8) is 0 Å². The van der Waals surface area contributed by atoms with Crippen molar-refractivity contribution in [2.24, 2.45) is 4.99 Å². The van der Waals surface area contributed by atoms with Gasteiger partial charge in [0.1, 0.15) is 11.6 Å². The molecule has 2 N–H and O–H groups in total. The predicted molar refractivity (Wildman–Crippen MR) is 135 cm³/mol. The number of rotatable bonds is 8. The minimum atomic E-state index is 0. The van der Waals surface area contributed by atoms with Crippen LogP contribution in [-0.2, 0) is 13.1 Å². The highest BCUT2D eigenvalue weighted by atomic mass is 127. The average molecular weight is 521 g/mol. The first-order valence-corrected chi connectivity index (χ1v) is 10.2. The Morgan fingerprint density at radius 3 is 2.70 bits per heavy atom. The second-order valence-corrected chi connectivity index (χ2v) is 7.32. The standard InChI is InChI=1S/C23H31N5O.HI/c1-17(2)29-20-10-7-9-19(15-20)16-26-23(24-4)25-13-8-14-28-18(3)27-21-11-5-6-12-22(21)28;/h5-7,9-12,15,17H,8,13-14,16H2,1-4H3,(H2,24,25,26);1H. The first-order valence-electron chi connectivity index (χ1n) is 10.2. The van der Waals surface area contributed by atoms with E-state index in [1.165, 1.54) is 5.52 Å². The molecule has 162 valence electrons. The first-order chi connectivity index (χ1) is 14.1. The third kappa shape index (κ3) is 6.62. The number of ether oxygens (including phenoxy) is 1. The maximum Gasteiger partial charge on any atom is 0.191 e. The fourth-order valence-corrected chi connectivity index (χ4v) is 3.33. The van der Waals surface area contributed by atoms with Crippen LogP contribution in [0.1, 0.15) is 31.7 Å². The summed E-state index contributed by atoms with van der Waals surface area (Å²) in [5.74, 6) is 2.75. The van der Waals surface area contributed by atoms with Crippen molar-refractivity contribution < 1.29 is 4.74 Å². The highest BCUT2D eigenvalue weighted by molar-refractivity contribution is 14.0. The number of aromatic nitrogens is 2. The van der Waals surface area contributed by atoms with Crippen LogP contribution in [0.4, 0.5) is 0 Å². The summed E-state index contributed by atoms with van der Waals surface area (Å²) in [7, 11) is 1.79. The number of para-hydroxylation sites is 2. The molecule has 0 radical (unpaired) electrons. The summed E-state index contributed by atoms with van der Waals surface area (Å²) in [5.41, 5.74) is 3.40. The Kier molecular flexibility index (Phi) is 9.42. The Balaban J connectivity index is 0.00000320. The van der Waals surface area contributed by atoms with Gasteiger partial charge < -0.3 is 19.9 Å². The quantitative estimate of drug-likeness (QED) is 0.198. The number of hydrogen-bond donors (Lipinski definition) is 2. The lowest BCUT2D eigenvalue weighted by Crippen LogP contribution is -2.37. The summed E-state index contributed by atoms with van der Waals surface area (Å²) in [5, 5.41) is 6.76. The molecule has 2 aromatic carbocycles. The van der Waals surface area contributed by atoms with E-state index in [-0.39, 0.29) is 30.1 Å². The summed E-state index contributed by atoms with van der Waals surface area (Å²) in [4.78, 5) is 8.95. The average Bonchev–Trinajstić information content (AvgIpc) is 3.02. The molecule has 1 aromatic heterocycles. The van der Waals surface area contributed by atoms with Crippen molar-refractivity contribution in [1.82, 2.24) is 20.2 Å². The van der Waals surface area contributed by atoms with E-state index in [0.717, 1.165) is 48.1 Å². The maximum absolute atomic E-state index is 5.76. The van der Waals surface area contributed by atoms with E-state index < -0.39 is 0 Å². The third-order valence-electron chi connectivity index (χ3n) is 4.65. The lowest BCUT2D eigenvalue weighted by Gasteiger charge is -2.14. The highest BCUT2D eigenvalue weighted by Gasteiger charge is 2.06. The van der Waals surface area contributed by atoms with E-state index in [4.69, 9.17) is 4.74 Å². The van der Waals surface area contributed by atoms with Crippen molar-refractivity contribution in [3.8, 4) is 5.75 Å². The number of imidazole rings is 1. The van der Waals surface area contributed by atoms with Gasteiger partial charge in [-0.2, -0.15) is 0 Å². The van der Waals surface area contributed by atoms with Crippen molar-refractivity contribution in [3.05, 3.63) is 59.9 Å². The zero-order chi connectivity index (χ0) is 20.6. The van der Waals surface area contributed by atoms with Crippen LogP contribution in [0.3, 0.4) is 0 Å². The van der Waals surface area contributed by atoms with Gasteiger partial charge in [0, 0.05) is 26.7 Å². The SMILES string of the molecule is CN=C(NCCCn1c(C)nc2ccccc21)NCc1cccc(OC(C)C)c1.I. The monoisotopic (exact) mass is 521 g/mol. The summed E-state index contributed by atoms with van der Waals surface area (Å²) in [6.45, 7) is 8.58. The number of guanidine groups is 1. The Morgan fingerprint density at radius 1 is 1.13 bits per heavy atom. The van der Waals surface area contributed by atoms with E-state index in [9.17, 15) is 0 Å². The molecular weight excluding hydrogens is 489 g/mol. The van der Waals surface area contributed by atoms with Crippen LogP contribution in [0.25, 0.3) is 11.0 Å². The molecule has 0 aliphatic heterocycles. The van der Waals surface area contributed by atoms with Crippen LogP contribution in [-0.4, -0.2) is 35.2 Å². The third-order valence-corrected chi connectivity index (χ3v) is 4.65. The molecule has 1 heterocycles. The summed E-state index contributed by atoms with van der Waals surface area (Å²) in [6.07, 6.45) is 1.16. The molecule has 7 heteroatoms. The highest BCUT2D eigenvalue weighted by Crippen LogP contribution is 2.16. The van der Waals surface area contributed by atoms with E-state index in [1.54, 1.807) is 7.05 Å². The molecule has 0 saturated heterocycles. The van der Waals surface area contributed by atoms with Gasteiger partial charge in [-0.05, 0) is 57.0 Å². The van der Waals surface area contributed by atoms with Gasteiger partial charge in [-0.3, -0.25) is 4.99 Å². The summed E-state index contributed by atoms with van der Waals surface area (Å²) in [6, 6.07) is 16.4. The van der Waals surface area contributed by atoms with Gasteiger partial charge in [0.2, 0.25) is 0 Å². The van der Waals surface area contributed by atoms with E-state index >= 15 is 0 Å². The molecule has 30 heavy (non-hydrogen) atoms. The number of benzene rings is 2. The smallest absolute Gasteiger partial charge is 0.191 e. The fourth-order valence-electron chi connectivity index (χ4n) is 3.33.